The molecule has 3 heterocycles. The van der Waals surface area contributed by atoms with E-state index in [9.17, 15) is 0 Å². The zero-order chi connectivity index (χ0) is 51.7. The molecule has 0 aliphatic rings. The number of hydrogen-bond donors (Lipinski definition) is 0. The van der Waals surface area contributed by atoms with E-state index >= 15 is 0 Å². The molecular weight excluding hydrogens is 973 g/mol. The third-order valence-electron chi connectivity index (χ3n) is 16.9. The Bertz CT molecular complexity index is 5250. The molecule has 2 nitrogen and oxygen atoms in total. The number of thiophene rings is 1. The quantitative estimate of drug-likeness (QED) is 0.147. The minimum Gasteiger partial charge on any atom is -0.308 e. The van der Waals surface area contributed by atoms with E-state index in [1.165, 1.54) is 163 Å². The molecule has 0 unspecified atom stereocenters. The smallest absolute Gasteiger partial charge is 0.0619 e. The van der Waals surface area contributed by atoms with Crippen molar-refractivity contribution in [2.24, 2.45) is 0 Å². The maximum atomic E-state index is 2.53. The third kappa shape index (κ3) is 6.51. The Morgan fingerprint density at radius 1 is 0.215 bits per heavy atom. The summed E-state index contributed by atoms with van der Waals surface area (Å²) in [6.07, 6.45) is 0. The van der Waals surface area contributed by atoms with Gasteiger partial charge in [-0.2, -0.15) is 0 Å². The fourth-order valence-corrected chi connectivity index (χ4v) is 14.6. The minimum absolute atomic E-state index is 1.20. The first-order valence-corrected chi connectivity index (χ1v) is 28.1. The van der Waals surface area contributed by atoms with E-state index in [-0.39, 0.29) is 0 Å². The number of nitrogens with zero attached hydrogens (tertiary/aromatic N) is 2. The zero-order valence-corrected chi connectivity index (χ0v) is 43.7. The van der Waals surface area contributed by atoms with Crippen LogP contribution in [0.5, 0.6) is 0 Å². The molecule has 17 rings (SSSR count). The molecule has 0 saturated carbocycles. The number of rotatable bonds is 6. The number of hydrogen-bond acceptors (Lipinski definition) is 1. The molecule has 0 bridgehead atoms. The molecule has 366 valence electrons. The number of fused-ring (bicyclic) bond motifs is 13. The van der Waals surface area contributed by atoms with Gasteiger partial charge in [0.25, 0.3) is 0 Å². The Balaban J connectivity index is 0.895. The Kier molecular flexibility index (Phi) is 9.62. The topological polar surface area (TPSA) is 9.86 Å². The molecule has 0 fully saturated rings. The highest BCUT2D eigenvalue weighted by Crippen LogP contribution is 2.51. The van der Waals surface area contributed by atoms with E-state index < -0.39 is 0 Å². The van der Waals surface area contributed by atoms with Crippen molar-refractivity contribution in [1.82, 2.24) is 9.13 Å². The summed E-state index contributed by atoms with van der Waals surface area (Å²) in [6.45, 7) is 0. The van der Waals surface area contributed by atoms with Crippen molar-refractivity contribution in [1.29, 1.82) is 0 Å². The lowest BCUT2D eigenvalue weighted by atomic mass is 9.87. The van der Waals surface area contributed by atoms with E-state index in [4.69, 9.17) is 0 Å². The average molecular weight is 1020 g/mol. The normalized spacial score (nSPS) is 12.1. The molecule has 0 N–H and O–H groups in total. The van der Waals surface area contributed by atoms with Crippen LogP contribution < -0.4 is 0 Å². The van der Waals surface area contributed by atoms with E-state index in [0.717, 1.165) is 0 Å². The van der Waals surface area contributed by atoms with Gasteiger partial charge in [-0.25, -0.2) is 0 Å². The Morgan fingerprint density at radius 3 is 1.08 bits per heavy atom. The van der Waals surface area contributed by atoms with Crippen molar-refractivity contribution >= 4 is 118 Å². The Morgan fingerprint density at radius 2 is 0.595 bits per heavy atom. The number of aromatic nitrogens is 2. The molecule has 79 heavy (non-hydrogen) atoms. The van der Waals surface area contributed by atoms with Crippen molar-refractivity contribution in [2.45, 2.75) is 0 Å². The van der Waals surface area contributed by atoms with Gasteiger partial charge in [0.1, 0.15) is 0 Å². The van der Waals surface area contributed by atoms with Gasteiger partial charge in [-0.15, -0.1) is 11.3 Å². The second-order valence-corrected chi connectivity index (χ2v) is 22.1. The minimum atomic E-state index is 1.20. The van der Waals surface area contributed by atoms with Gasteiger partial charge in [-0.1, -0.05) is 224 Å². The van der Waals surface area contributed by atoms with Gasteiger partial charge in [0.15, 0.2) is 0 Å². The maximum absolute atomic E-state index is 2.53. The largest absolute Gasteiger partial charge is 0.308 e. The van der Waals surface area contributed by atoms with Gasteiger partial charge in [0.2, 0.25) is 0 Å². The average Bonchev–Trinajstić information content (AvgIpc) is 4.27. The lowest BCUT2D eigenvalue weighted by Crippen LogP contribution is -1.99. The molecule has 3 heteroatoms. The molecular formula is C76H46N2S. The second-order valence-electron chi connectivity index (χ2n) is 21.0. The summed E-state index contributed by atoms with van der Waals surface area (Å²) in [4.78, 5) is 0. The van der Waals surface area contributed by atoms with Crippen molar-refractivity contribution in [3.05, 3.63) is 279 Å². The highest BCUT2D eigenvalue weighted by Gasteiger charge is 2.25. The molecule has 0 saturated heterocycles. The fourth-order valence-electron chi connectivity index (χ4n) is 13.5. The van der Waals surface area contributed by atoms with Crippen LogP contribution in [0.3, 0.4) is 0 Å². The van der Waals surface area contributed by atoms with Crippen LogP contribution in [0.2, 0.25) is 0 Å². The summed E-state index contributed by atoms with van der Waals surface area (Å²) in [7, 11) is 0. The van der Waals surface area contributed by atoms with Crippen molar-refractivity contribution < 1.29 is 0 Å². The Hall–Kier alpha value is -10.1. The summed E-state index contributed by atoms with van der Waals surface area (Å²) in [5.74, 6) is 0. The monoisotopic (exact) mass is 1020 g/mol. The highest BCUT2D eigenvalue weighted by atomic mass is 32.1. The van der Waals surface area contributed by atoms with E-state index in [1.54, 1.807) is 0 Å². The summed E-state index contributed by atoms with van der Waals surface area (Å²) in [6, 6.07) is 104. The first-order chi connectivity index (χ1) is 39.2. The first-order valence-electron chi connectivity index (χ1n) is 27.2. The summed E-state index contributed by atoms with van der Waals surface area (Å²) in [5, 5.41) is 17.4. The molecule has 0 atom stereocenters. The van der Waals surface area contributed by atoms with E-state index in [0.29, 0.717) is 0 Å². The van der Waals surface area contributed by atoms with Gasteiger partial charge >= 0.3 is 0 Å². The maximum Gasteiger partial charge on any atom is 0.0619 e. The first kappa shape index (κ1) is 44.1. The van der Waals surface area contributed by atoms with Crippen LogP contribution in [0.1, 0.15) is 0 Å². The predicted octanol–water partition coefficient (Wildman–Crippen LogP) is 21.5. The van der Waals surface area contributed by atoms with Crippen LogP contribution in [0.25, 0.3) is 163 Å². The van der Waals surface area contributed by atoms with Gasteiger partial charge in [0.05, 0.1) is 33.4 Å². The number of benzene rings is 14. The summed E-state index contributed by atoms with van der Waals surface area (Å²) < 4.78 is 7.62. The second kappa shape index (κ2) is 17.2. The lowest BCUT2D eigenvalue weighted by molar-refractivity contribution is 1.21. The van der Waals surface area contributed by atoms with Gasteiger partial charge < -0.3 is 9.13 Å². The predicted molar refractivity (Wildman–Crippen MR) is 340 cm³/mol. The van der Waals surface area contributed by atoms with Gasteiger partial charge in [0, 0.05) is 63.3 Å². The molecule has 0 aliphatic heterocycles. The van der Waals surface area contributed by atoms with Crippen LogP contribution in [0, 0.1) is 0 Å². The van der Waals surface area contributed by atoms with Gasteiger partial charge in [-0.05, 0) is 121 Å². The lowest BCUT2D eigenvalue weighted by Gasteiger charge is -2.20. The summed E-state index contributed by atoms with van der Waals surface area (Å²) in [5.41, 5.74) is 17.1. The molecule has 0 radical (unpaired) electrons. The fraction of sp³-hybridized carbons (Fsp3) is 0. The van der Waals surface area contributed by atoms with Crippen molar-refractivity contribution in [3.63, 3.8) is 0 Å². The van der Waals surface area contributed by atoms with E-state index in [1.807, 2.05) is 11.3 Å². The van der Waals surface area contributed by atoms with E-state index in [2.05, 4.69) is 288 Å². The van der Waals surface area contributed by atoms with Crippen LogP contribution in [-0.4, -0.2) is 9.13 Å². The standard InChI is InChI=1S/C76H46N2S/c1-3-20-47(21-4-1)49-38-41-68-63(44-49)52-24-15-17-35-66(52)77(68)75-58-30-11-7-26-54(58)72(55-27-8-12-31-59(55)75)51-40-43-70-65(46-51)74-62(34-19-37-71(74)79-70)73-56-28-9-13-32-60(56)76(61-33-14-10-29-57(61)73)78-67-36-18-16-25-53(67)64-45-50(39-42-69(64)78)48-22-5-2-6-23-48/h1-46H. The molecule has 14 aromatic carbocycles. The molecule has 0 spiro atoms. The third-order valence-corrected chi connectivity index (χ3v) is 18.0. The molecule has 0 aliphatic carbocycles. The SMILES string of the molecule is c1ccc(-c2ccc3c(c2)c2ccccc2n3-c2c3ccccc3c(-c3ccc4sc5cccc(-c6c7ccccc7c(-n7c8ccccc8c8cc(-c9ccccc9)ccc87)c7ccccc67)c5c4c3)c3ccccc23)cc1. The molecule has 3 aromatic heterocycles. The molecule has 17 aromatic rings. The summed E-state index contributed by atoms with van der Waals surface area (Å²) >= 11 is 1.89. The van der Waals surface area contributed by atoms with Gasteiger partial charge in [-0.3, -0.25) is 0 Å². The molecule has 0 amide bonds. The van der Waals surface area contributed by atoms with Crippen molar-refractivity contribution in [2.75, 3.05) is 0 Å². The van der Waals surface area contributed by atoms with Crippen LogP contribution in [0.4, 0.5) is 0 Å². The zero-order valence-electron chi connectivity index (χ0n) is 42.9. The Labute approximate surface area is 459 Å². The highest BCUT2D eigenvalue weighted by molar-refractivity contribution is 7.26. The van der Waals surface area contributed by atoms with Crippen LogP contribution in [0.15, 0.2) is 279 Å². The number of para-hydroxylation sites is 2. The van der Waals surface area contributed by atoms with Crippen molar-refractivity contribution in [3.8, 4) is 55.9 Å². The van der Waals surface area contributed by atoms with Crippen LogP contribution in [-0.2, 0) is 0 Å². The van der Waals surface area contributed by atoms with Crippen LogP contribution >= 0.6 is 11.3 Å².